The summed E-state index contributed by atoms with van der Waals surface area (Å²) in [6.45, 7) is 0. The van der Waals surface area contributed by atoms with Crippen molar-refractivity contribution in [1.82, 2.24) is 4.98 Å². The molecule has 3 aromatic rings. The molecule has 0 amide bonds. The monoisotopic (exact) mass is 307 g/mol. The van der Waals surface area contributed by atoms with Gasteiger partial charge in [-0.1, -0.05) is 30.3 Å². The minimum atomic E-state index is -0.116. The summed E-state index contributed by atoms with van der Waals surface area (Å²) >= 11 is 1.55. The molecule has 0 unspecified atom stereocenters. The van der Waals surface area contributed by atoms with Crippen molar-refractivity contribution in [2.75, 3.05) is 0 Å². The molecule has 0 spiro atoms. The molecule has 1 N–H and O–H groups in total. The second-order valence-corrected chi connectivity index (χ2v) is 5.55. The van der Waals surface area contributed by atoms with Gasteiger partial charge in [0.1, 0.15) is 10.8 Å². The second-order valence-electron chi connectivity index (χ2n) is 4.69. The van der Waals surface area contributed by atoms with E-state index in [1.165, 1.54) is 18.2 Å². The van der Waals surface area contributed by atoms with Crippen LogP contribution in [0.5, 0.6) is 5.75 Å². The molecule has 108 valence electrons. The Kier molecular flexibility index (Phi) is 4.12. The number of carbonyl (C=O) groups is 1. The Morgan fingerprint density at radius 2 is 1.77 bits per heavy atom. The third-order valence-electron chi connectivity index (χ3n) is 3.10. The molecule has 2 aromatic carbocycles. The van der Waals surface area contributed by atoms with Crippen LogP contribution in [0.4, 0.5) is 0 Å². The van der Waals surface area contributed by atoms with E-state index < -0.39 is 0 Å². The number of thiazole rings is 1. The highest BCUT2D eigenvalue weighted by Crippen LogP contribution is 2.23. The Morgan fingerprint density at radius 3 is 2.50 bits per heavy atom. The topological polar surface area (TPSA) is 50.2 Å². The average Bonchev–Trinajstić information content (AvgIpc) is 3.03. The standard InChI is InChI=1S/C18H13NO2S/c20-16-9-6-13(7-10-16)17(21)11-8-15-12-22-18(19-15)14-4-2-1-3-5-14/h1-12,20H. The van der Waals surface area contributed by atoms with Crippen LogP contribution in [-0.2, 0) is 0 Å². The minimum absolute atomic E-state index is 0.116. The molecule has 0 aliphatic rings. The predicted molar refractivity (Wildman–Crippen MR) is 89.0 cm³/mol. The van der Waals surface area contributed by atoms with Crippen LogP contribution in [0.2, 0.25) is 0 Å². The highest BCUT2D eigenvalue weighted by Gasteiger charge is 2.04. The molecule has 1 heterocycles. The Bertz CT molecular complexity index is 805. The number of ketones is 1. The summed E-state index contributed by atoms with van der Waals surface area (Å²) in [6, 6.07) is 16.1. The molecule has 0 saturated heterocycles. The highest BCUT2D eigenvalue weighted by molar-refractivity contribution is 7.13. The molecule has 0 radical (unpaired) electrons. The third kappa shape index (κ3) is 3.30. The van der Waals surface area contributed by atoms with E-state index in [1.54, 1.807) is 29.5 Å². The van der Waals surface area contributed by atoms with Crippen LogP contribution in [0, 0.1) is 0 Å². The van der Waals surface area contributed by atoms with Gasteiger partial charge < -0.3 is 5.11 Å². The zero-order valence-corrected chi connectivity index (χ0v) is 12.5. The summed E-state index contributed by atoms with van der Waals surface area (Å²) in [6.07, 6.45) is 3.20. The SMILES string of the molecule is O=C(C=Cc1csc(-c2ccccc2)n1)c1ccc(O)cc1. The normalized spacial score (nSPS) is 10.9. The lowest BCUT2D eigenvalue weighted by Gasteiger charge is -1.95. The minimum Gasteiger partial charge on any atom is -0.508 e. The first-order chi connectivity index (χ1) is 10.7. The maximum Gasteiger partial charge on any atom is 0.185 e. The number of hydrogen-bond donors (Lipinski definition) is 1. The third-order valence-corrected chi connectivity index (χ3v) is 4.01. The van der Waals surface area contributed by atoms with Gasteiger partial charge in [-0.3, -0.25) is 4.79 Å². The number of phenolic OH excluding ortho intramolecular Hbond substituents is 1. The molecular formula is C18H13NO2S. The van der Waals surface area contributed by atoms with Crippen molar-refractivity contribution in [3.05, 3.63) is 77.3 Å². The largest absolute Gasteiger partial charge is 0.508 e. The summed E-state index contributed by atoms with van der Waals surface area (Å²) in [5, 5.41) is 12.1. The van der Waals surface area contributed by atoms with Crippen LogP contribution in [0.25, 0.3) is 16.6 Å². The van der Waals surface area contributed by atoms with Crippen LogP contribution in [0.15, 0.2) is 66.1 Å². The fraction of sp³-hybridized carbons (Fsp3) is 0. The van der Waals surface area contributed by atoms with E-state index in [2.05, 4.69) is 4.98 Å². The average molecular weight is 307 g/mol. The Morgan fingerprint density at radius 1 is 1.05 bits per heavy atom. The van der Waals surface area contributed by atoms with E-state index in [0.717, 1.165) is 16.3 Å². The van der Waals surface area contributed by atoms with Gasteiger partial charge in [-0.05, 0) is 36.4 Å². The summed E-state index contributed by atoms with van der Waals surface area (Å²) in [5.74, 6) is 0.0294. The molecule has 22 heavy (non-hydrogen) atoms. The van der Waals surface area contributed by atoms with Gasteiger partial charge in [0.05, 0.1) is 5.69 Å². The molecule has 3 nitrogen and oxygen atoms in total. The molecular weight excluding hydrogens is 294 g/mol. The zero-order valence-electron chi connectivity index (χ0n) is 11.6. The second kappa shape index (κ2) is 6.37. The Balaban J connectivity index is 1.75. The maximum absolute atomic E-state index is 12.0. The van der Waals surface area contributed by atoms with Gasteiger partial charge in [0, 0.05) is 16.5 Å². The van der Waals surface area contributed by atoms with Gasteiger partial charge in [-0.25, -0.2) is 4.98 Å². The van der Waals surface area contributed by atoms with Crippen molar-refractivity contribution in [3.63, 3.8) is 0 Å². The molecule has 0 fully saturated rings. The van der Waals surface area contributed by atoms with Gasteiger partial charge in [-0.2, -0.15) is 0 Å². The molecule has 4 heteroatoms. The smallest absolute Gasteiger partial charge is 0.185 e. The number of aromatic nitrogens is 1. The van der Waals surface area contributed by atoms with E-state index in [4.69, 9.17) is 0 Å². The number of rotatable bonds is 4. The van der Waals surface area contributed by atoms with E-state index in [1.807, 2.05) is 35.7 Å². The first-order valence-corrected chi connectivity index (χ1v) is 7.63. The molecule has 3 rings (SSSR count). The number of benzene rings is 2. The van der Waals surface area contributed by atoms with Crippen molar-refractivity contribution in [3.8, 4) is 16.3 Å². The van der Waals surface area contributed by atoms with Gasteiger partial charge >= 0.3 is 0 Å². The van der Waals surface area contributed by atoms with Crippen LogP contribution >= 0.6 is 11.3 Å². The molecule has 1 aromatic heterocycles. The lowest BCUT2D eigenvalue weighted by Crippen LogP contribution is -1.92. The number of phenols is 1. The van der Waals surface area contributed by atoms with Crippen molar-refractivity contribution in [1.29, 1.82) is 0 Å². The van der Waals surface area contributed by atoms with Gasteiger partial charge in [0.2, 0.25) is 0 Å². The number of aromatic hydroxyl groups is 1. The fourth-order valence-corrected chi connectivity index (χ4v) is 2.75. The van der Waals surface area contributed by atoms with E-state index in [0.29, 0.717) is 5.56 Å². The lowest BCUT2D eigenvalue weighted by molar-refractivity contribution is 0.104. The summed E-state index contributed by atoms with van der Waals surface area (Å²) < 4.78 is 0. The van der Waals surface area contributed by atoms with E-state index in [-0.39, 0.29) is 11.5 Å². The Hall–Kier alpha value is -2.72. The van der Waals surface area contributed by atoms with Crippen molar-refractivity contribution < 1.29 is 9.90 Å². The van der Waals surface area contributed by atoms with Crippen LogP contribution in [0.3, 0.4) is 0 Å². The van der Waals surface area contributed by atoms with Gasteiger partial charge in [-0.15, -0.1) is 11.3 Å². The van der Waals surface area contributed by atoms with Crippen LogP contribution in [-0.4, -0.2) is 15.9 Å². The van der Waals surface area contributed by atoms with Crippen molar-refractivity contribution in [2.24, 2.45) is 0 Å². The van der Waals surface area contributed by atoms with Gasteiger partial charge in [0.25, 0.3) is 0 Å². The molecule has 0 bridgehead atoms. The highest BCUT2D eigenvalue weighted by atomic mass is 32.1. The number of carbonyl (C=O) groups excluding carboxylic acids is 1. The molecule has 0 aliphatic carbocycles. The summed E-state index contributed by atoms with van der Waals surface area (Å²) in [4.78, 5) is 16.5. The first-order valence-electron chi connectivity index (χ1n) is 6.75. The number of hydrogen-bond acceptors (Lipinski definition) is 4. The quantitative estimate of drug-likeness (QED) is 0.573. The molecule has 0 aliphatic heterocycles. The number of allylic oxidation sites excluding steroid dienone is 1. The van der Waals surface area contributed by atoms with Gasteiger partial charge in [0.15, 0.2) is 5.78 Å². The fourth-order valence-electron chi connectivity index (χ4n) is 1.96. The lowest BCUT2D eigenvalue weighted by atomic mass is 10.1. The molecule has 0 atom stereocenters. The van der Waals surface area contributed by atoms with E-state index >= 15 is 0 Å². The van der Waals surface area contributed by atoms with E-state index in [9.17, 15) is 9.90 Å². The summed E-state index contributed by atoms with van der Waals surface area (Å²) in [7, 11) is 0. The predicted octanol–water partition coefficient (Wildman–Crippen LogP) is 4.41. The maximum atomic E-state index is 12.0. The number of nitrogens with zero attached hydrogens (tertiary/aromatic N) is 1. The Labute approximate surface area is 132 Å². The van der Waals surface area contributed by atoms with Crippen LogP contribution < -0.4 is 0 Å². The van der Waals surface area contributed by atoms with Crippen molar-refractivity contribution in [2.45, 2.75) is 0 Å². The van der Waals surface area contributed by atoms with Crippen molar-refractivity contribution >= 4 is 23.2 Å². The first kappa shape index (κ1) is 14.2. The molecule has 0 saturated carbocycles. The van der Waals surface area contributed by atoms with Crippen LogP contribution in [0.1, 0.15) is 16.1 Å². The summed E-state index contributed by atoms with van der Waals surface area (Å²) in [5.41, 5.74) is 2.36. The zero-order chi connectivity index (χ0) is 15.4.